The van der Waals surface area contributed by atoms with E-state index in [1.54, 1.807) is 6.92 Å². The van der Waals surface area contributed by atoms with Crippen molar-refractivity contribution < 1.29 is 19.1 Å². The molecule has 88 valence electrons. The molecule has 0 aromatic carbocycles. The van der Waals surface area contributed by atoms with Crippen molar-refractivity contribution in [3.8, 4) is 0 Å². The second-order valence-electron chi connectivity index (χ2n) is 3.39. The van der Waals surface area contributed by atoms with Crippen molar-refractivity contribution in [1.82, 2.24) is 4.90 Å². The van der Waals surface area contributed by atoms with E-state index < -0.39 is 23.6 Å². The number of nitrogens with zero attached hydrogens (tertiary/aromatic N) is 1. The molecule has 1 aliphatic heterocycles. The smallest absolute Gasteiger partial charge is 0.324 e. The molecule has 0 saturated heterocycles. The summed E-state index contributed by atoms with van der Waals surface area (Å²) in [6.07, 6.45) is 2.63. The van der Waals surface area contributed by atoms with Crippen LogP contribution in [0.4, 0.5) is 0 Å². The third kappa shape index (κ3) is 3.16. The summed E-state index contributed by atoms with van der Waals surface area (Å²) >= 11 is 0. The van der Waals surface area contributed by atoms with Crippen molar-refractivity contribution in [1.29, 1.82) is 0 Å². The SMILES string of the molecule is CCOC(=O)C(N)CN1C=CC(=O)C(=O)C1. The highest BCUT2D eigenvalue weighted by molar-refractivity contribution is 6.42. The van der Waals surface area contributed by atoms with Gasteiger partial charge in [-0.3, -0.25) is 14.4 Å². The molecule has 0 aliphatic carbocycles. The van der Waals surface area contributed by atoms with Crippen LogP contribution in [0.5, 0.6) is 0 Å². The van der Waals surface area contributed by atoms with Gasteiger partial charge >= 0.3 is 5.97 Å². The van der Waals surface area contributed by atoms with Gasteiger partial charge < -0.3 is 15.4 Å². The first-order chi connectivity index (χ1) is 7.54. The Bertz CT molecular complexity index is 338. The summed E-state index contributed by atoms with van der Waals surface area (Å²) in [4.78, 5) is 34.7. The molecule has 0 aromatic heterocycles. The summed E-state index contributed by atoms with van der Waals surface area (Å²) in [7, 11) is 0. The first kappa shape index (κ1) is 12.4. The van der Waals surface area contributed by atoms with E-state index in [0.717, 1.165) is 0 Å². The maximum Gasteiger partial charge on any atom is 0.324 e. The lowest BCUT2D eigenvalue weighted by molar-refractivity contribution is -0.145. The predicted molar refractivity (Wildman–Crippen MR) is 55.3 cm³/mol. The fourth-order valence-corrected chi connectivity index (χ4v) is 1.28. The Morgan fingerprint density at radius 1 is 1.62 bits per heavy atom. The lowest BCUT2D eigenvalue weighted by Crippen LogP contribution is -2.45. The second-order valence-corrected chi connectivity index (χ2v) is 3.39. The average Bonchev–Trinajstić information content (AvgIpc) is 2.24. The van der Waals surface area contributed by atoms with Gasteiger partial charge in [0, 0.05) is 18.8 Å². The summed E-state index contributed by atoms with van der Waals surface area (Å²) < 4.78 is 4.73. The molecule has 1 atom stereocenters. The summed E-state index contributed by atoms with van der Waals surface area (Å²) in [6.45, 7) is 2.07. The molecule has 0 fully saturated rings. The van der Waals surface area contributed by atoms with Crippen LogP contribution >= 0.6 is 0 Å². The van der Waals surface area contributed by atoms with Crippen LogP contribution < -0.4 is 5.73 Å². The Hall–Kier alpha value is -1.69. The van der Waals surface area contributed by atoms with E-state index in [1.807, 2.05) is 0 Å². The van der Waals surface area contributed by atoms with Crippen molar-refractivity contribution in [3.63, 3.8) is 0 Å². The van der Waals surface area contributed by atoms with Gasteiger partial charge in [0.25, 0.3) is 0 Å². The van der Waals surface area contributed by atoms with Gasteiger partial charge in [-0.15, -0.1) is 0 Å². The number of ketones is 2. The van der Waals surface area contributed by atoms with E-state index in [9.17, 15) is 14.4 Å². The highest BCUT2D eigenvalue weighted by atomic mass is 16.5. The standard InChI is InChI=1S/C10H14N2O4/c1-2-16-10(15)7(11)5-12-4-3-8(13)9(14)6-12/h3-4,7H,2,5-6,11H2,1H3. The first-order valence-corrected chi connectivity index (χ1v) is 4.96. The minimum atomic E-state index is -0.814. The molecule has 16 heavy (non-hydrogen) atoms. The van der Waals surface area contributed by atoms with E-state index in [2.05, 4.69) is 0 Å². The third-order valence-electron chi connectivity index (χ3n) is 2.08. The van der Waals surface area contributed by atoms with Crippen molar-refractivity contribution in [2.75, 3.05) is 19.7 Å². The maximum atomic E-state index is 11.2. The Morgan fingerprint density at radius 2 is 2.31 bits per heavy atom. The van der Waals surface area contributed by atoms with Crippen LogP contribution in [0, 0.1) is 0 Å². The van der Waals surface area contributed by atoms with Crippen LogP contribution in [-0.2, 0) is 19.1 Å². The van der Waals surface area contributed by atoms with Crippen molar-refractivity contribution in [2.24, 2.45) is 5.73 Å². The van der Waals surface area contributed by atoms with E-state index >= 15 is 0 Å². The lowest BCUT2D eigenvalue weighted by atomic mass is 10.1. The number of hydrogen-bond donors (Lipinski definition) is 1. The molecule has 1 heterocycles. The van der Waals surface area contributed by atoms with Crippen LogP contribution in [0.3, 0.4) is 0 Å². The maximum absolute atomic E-state index is 11.2. The number of carbonyl (C=O) groups is 3. The minimum absolute atomic E-state index is 0.0392. The molecule has 0 saturated carbocycles. The van der Waals surface area contributed by atoms with Gasteiger partial charge in [-0.05, 0) is 6.92 Å². The van der Waals surface area contributed by atoms with Crippen LogP contribution in [0.1, 0.15) is 6.92 Å². The largest absolute Gasteiger partial charge is 0.465 e. The normalized spacial score (nSPS) is 17.5. The van der Waals surface area contributed by atoms with Gasteiger partial charge in [-0.2, -0.15) is 0 Å². The van der Waals surface area contributed by atoms with Gasteiger partial charge in [-0.25, -0.2) is 0 Å². The molecule has 0 radical (unpaired) electrons. The van der Waals surface area contributed by atoms with E-state index in [0.29, 0.717) is 0 Å². The number of carbonyl (C=O) groups excluding carboxylic acids is 3. The van der Waals surface area contributed by atoms with Crippen LogP contribution in [0.15, 0.2) is 12.3 Å². The second kappa shape index (κ2) is 5.41. The predicted octanol–water partition coefficient (Wildman–Crippen LogP) is -1.16. The van der Waals surface area contributed by atoms with Gasteiger partial charge in [0.15, 0.2) is 0 Å². The van der Waals surface area contributed by atoms with Crippen LogP contribution in [0.25, 0.3) is 0 Å². The number of Topliss-reactive ketones (excluding diaryl/α,β-unsaturated/α-hetero) is 1. The van der Waals surface area contributed by atoms with Gasteiger partial charge in [0.05, 0.1) is 13.2 Å². The zero-order valence-corrected chi connectivity index (χ0v) is 9.01. The molecule has 1 rings (SSSR count). The topological polar surface area (TPSA) is 89.7 Å². The van der Waals surface area contributed by atoms with Gasteiger partial charge in [0.1, 0.15) is 6.04 Å². The monoisotopic (exact) mass is 226 g/mol. The lowest BCUT2D eigenvalue weighted by Gasteiger charge is -2.24. The molecule has 0 amide bonds. The van der Waals surface area contributed by atoms with Crippen LogP contribution in [-0.4, -0.2) is 48.2 Å². The number of allylic oxidation sites excluding steroid dienone is 1. The van der Waals surface area contributed by atoms with Crippen LogP contribution in [0.2, 0.25) is 0 Å². The molecule has 0 spiro atoms. The zero-order valence-electron chi connectivity index (χ0n) is 9.01. The molecular weight excluding hydrogens is 212 g/mol. The molecule has 0 bridgehead atoms. The van der Waals surface area contributed by atoms with Gasteiger partial charge in [0.2, 0.25) is 11.6 Å². The molecule has 0 aromatic rings. The van der Waals surface area contributed by atoms with Crippen molar-refractivity contribution >= 4 is 17.5 Å². The number of esters is 1. The Morgan fingerprint density at radius 3 is 2.88 bits per heavy atom. The number of rotatable bonds is 4. The summed E-state index contributed by atoms with van der Waals surface area (Å²) in [6, 6.07) is -0.814. The summed E-state index contributed by atoms with van der Waals surface area (Å²) in [5.41, 5.74) is 5.57. The Kier molecular flexibility index (Phi) is 4.19. The Labute approximate surface area is 93.0 Å². The van der Waals surface area contributed by atoms with Crippen molar-refractivity contribution in [2.45, 2.75) is 13.0 Å². The molecule has 2 N–H and O–H groups in total. The quantitative estimate of drug-likeness (QED) is 0.480. The molecule has 6 nitrogen and oxygen atoms in total. The van der Waals surface area contributed by atoms with E-state index in [1.165, 1.54) is 17.2 Å². The highest BCUT2D eigenvalue weighted by Gasteiger charge is 2.23. The fraction of sp³-hybridized carbons (Fsp3) is 0.500. The van der Waals surface area contributed by atoms with E-state index in [4.69, 9.17) is 10.5 Å². The minimum Gasteiger partial charge on any atom is -0.465 e. The zero-order chi connectivity index (χ0) is 12.1. The highest BCUT2D eigenvalue weighted by Crippen LogP contribution is 2.01. The summed E-state index contributed by atoms with van der Waals surface area (Å²) in [5, 5.41) is 0. The molecule has 1 unspecified atom stereocenters. The summed E-state index contributed by atoms with van der Waals surface area (Å²) in [5.74, 6) is -1.54. The van der Waals surface area contributed by atoms with Crippen molar-refractivity contribution in [3.05, 3.63) is 12.3 Å². The average molecular weight is 226 g/mol. The Balaban J connectivity index is 2.49. The van der Waals surface area contributed by atoms with E-state index in [-0.39, 0.29) is 19.7 Å². The number of nitrogens with two attached hydrogens (primary N) is 1. The molecule has 1 aliphatic rings. The van der Waals surface area contributed by atoms with Gasteiger partial charge in [-0.1, -0.05) is 0 Å². The number of hydrogen-bond acceptors (Lipinski definition) is 6. The number of ether oxygens (including phenoxy) is 1. The fourth-order valence-electron chi connectivity index (χ4n) is 1.28. The third-order valence-corrected chi connectivity index (χ3v) is 2.08. The molecule has 6 heteroatoms. The first-order valence-electron chi connectivity index (χ1n) is 4.96. The molecular formula is C10H14N2O4.